The van der Waals surface area contributed by atoms with Gasteiger partial charge in [0.2, 0.25) is 0 Å². The van der Waals surface area contributed by atoms with E-state index in [1.54, 1.807) is 6.07 Å². The number of hydrogen-bond acceptors (Lipinski definition) is 1. The Kier molecular flexibility index (Phi) is 2.40. The second-order valence-electron chi connectivity index (χ2n) is 4.39. The molecule has 0 fully saturated rings. The third-order valence-electron chi connectivity index (χ3n) is 2.41. The van der Waals surface area contributed by atoms with E-state index in [9.17, 15) is 13.2 Å². The zero-order valence-electron chi connectivity index (χ0n) is 8.98. The molecule has 1 aromatic rings. The predicted molar refractivity (Wildman–Crippen MR) is 53.1 cm³/mol. The molecule has 16 heavy (non-hydrogen) atoms. The Labute approximate surface area is 92.2 Å². The zero-order chi connectivity index (χ0) is 12.0. The van der Waals surface area contributed by atoms with Gasteiger partial charge < -0.3 is 4.74 Å². The van der Waals surface area contributed by atoms with E-state index in [1.165, 1.54) is 6.07 Å². The molecular formula is C12H11F3O. The molecule has 0 N–H and O–H groups in total. The molecule has 0 aliphatic carbocycles. The van der Waals surface area contributed by atoms with Gasteiger partial charge in [-0.2, -0.15) is 13.2 Å². The quantitative estimate of drug-likeness (QED) is 0.658. The summed E-state index contributed by atoms with van der Waals surface area (Å²) in [6, 6.07) is 3.94. The van der Waals surface area contributed by atoms with E-state index in [0.29, 0.717) is 6.42 Å². The van der Waals surface area contributed by atoms with E-state index in [1.807, 2.05) is 13.8 Å². The Morgan fingerprint density at radius 1 is 1.31 bits per heavy atom. The van der Waals surface area contributed by atoms with Crippen molar-refractivity contribution in [3.8, 4) is 5.75 Å². The van der Waals surface area contributed by atoms with Gasteiger partial charge in [0, 0.05) is 12.0 Å². The molecule has 1 aliphatic rings. The standard InChI is InChI=1S/C12H11F3O/c1-11(2)7-6-8-9(12(13,14)15)4-3-5-10(8)16-11/h3-5H,7H2,1-2H3. The number of alkyl halides is 3. The second kappa shape index (κ2) is 3.40. The number of rotatable bonds is 0. The lowest BCUT2D eigenvalue weighted by Gasteiger charge is -2.33. The van der Waals surface area contributed by atoms with Crippen LogP contribution in [0.3, 0.4) is 0 Å². The summed E-state index contributed by atoms with van der Waals surface area (Å²) in [6.07, 6.45) is -1.22. The van der Waals surface area contributed by atoms with Gasteiger partial charge in [0.15, 0.2) is 0 Å². The largest absolute Gasteiger partial charge is 0.488 e. The highest BCUT2D eigenvalue weighted by Crippen LogP contribution is 2.41. The molecule has 0 atom stereocenters. The first-order chi connectivity index (χ1) is 7.30. The molecule has 1 aliphatic heterocycles. The maximum atomic E-state index is 12.7. The summed E-state index contributed by atoms with van der Waals surface area (Å²) in [5, 5.41) is 0. The molecule has 0 aromatic heterocycles. The van der Waals surface area contributed by atoms with E-state index in [4.69, 9.17) is 4.74 Å². The topological polar surface area (TPSA) is 9.23 Å². The lowest BCUT2D eigenvalue weighted by atomic mass is 9.91. The number of halogens is 3. The van der Waals surface area contributed by atoms with Gasteiger partial charge >= 0.3 is 6.18 Å². The molecule has 1 nitrogen and oxygen atoms in total. The van der Waals surface area contributed by atoms with Crippen molar-refractivity contribution in [2.24, 2.45) is 0 Å². The van der Waals surface area contributed by atoms with Gasteiger partial charge in [-0.05, 0) is 32.4 Å². The van der Waals surface area contributed by atoms with Crippen LogP contribution in [0.4, 0.5) is 13.2 Å². The molecule has 2 rings (SSSR count). The average Bonchev–Trinajstić information content (AvgIpc) is 2.13. The fourth-order valence-electron chi connectivity index (χ4n) is 1.67. The first-order valence-corrected chi connectivity index (χ1v) is 4.93. The minimum Gasteiger partial charge on any atom is -0.488 e. The van der Waals surface area contributed by atoms with Crippen LogP contribution in [0.15, 0.2) is 18.2 Å². The highest BCUT2D eigenvalue weighted by atomic mass is 19.4. The summed E-state index contributed by atoms with van der Waals surface area (Å²) in [5.74, 6) is 0.256. The van der Waals surface area contributed by atoms with Crippen molar-refractivity contribution in [1.82, 2.24) is 0 Å². The van der Waals surface area contributed by atoms with Gasteiger partial charge in [-0.15, -0.1) is 0 Å². The maximum Gasteiger partial charge on any atom is 0.416 e. The zero-order valence-corrected chi connectivity index (χ0v) is 8.98. The van der Waals surface area contributed by atoms with E-state index < -0.39 is 17.3 Å². The van der Waals surface area contributed by atoms with Gasteiger partial charge in [0.25, 0.3) is 0 Å². The van der Waals surface area contributed by atoms with E-state index in [0.717, 1.165) is 6.07 Å². The molecule has 4 heteroatoms. The van der Waals surface area contributed by atoms with Crippen LogP contribution in [0.1, 0.15) is 31.4 Å². The first kappa shape index (κ1) is 11.3. The SMILES string of the molecule is CC1(C)C[C]c2c(cccc2C(F)(F)F)O1. The van der Waals surface area contributed by atoms with Crippen LogP contribution in [0, 0.1) is 6.42 Å². The van der Waals surface area contributed by atoms with Crippen LogP contribution >= 0.6 is 0 Å². The third kappa shape index (κ3) is 2.01. The van der Waals surface area contributed by atoms with Gasteiger partial charge in [-0.25, -0.2) is 0 Å². The highest BCUT2D eigenvalue weighted by molar-refractivity contribution is 5.48. The van der Waals surface area contributed by atoms with Crippen LogP contribution in [0.2, 0.25) is 0 Å². The second-order valence-corrected chi connectivity index (χ2v) is 4.39. The maximum absolute atomic E-state index is 12.7. The van der Waals surface area contributed by atoms with Crippen molar-refractivity contribution in [2.45, 2.75) is 32.0 Å². The summed E-state index contributed by atoms with van der Waals surface area (Å²) >= 11 is 0. The van der Waals surface area contributed by atoms with Crippen molar-refractivity contribution in [3.05, 3.63) is 35.7 Å². The molecule has 0 amide bonds. The van der Waals surface area contributed by atoms with Crippen molar-refractivity contribution in [3.63, 3.8) is 0 Å². The fourth-order valence-corrected chi connectivity index (χ4v) is 1.67. The molecule has 0 unspecified atom stereocenters. The number of ether oxygens (including phenoxy) is 1. The third-order valence-corrected chi connectivity index (χ3v) is 2.41. The Morgan fingerprint density at radius 2 is 2.00 bits per heavy atom. The molecule has 2 radical (unpaired) electrons. The predicted octanol–water partition coefficient (Wildman–Crippen LogP) is 3.70. The van der Waals surface area contributed by atoms with Crippen molar-refractivity contribution >= 4 is 0 Å². The smallest absolute Gasteiger partial charge is 0.416 e. The Hall–Kier alpha value is -1.19. The summed E-state index contributed by atoms with van der Waals surface area (Å²) in [5.41, 5.74) is -1.13. The lowest BCUT2D eigenvalue weighted by Crippen LogP contribution is -2.32. The monoisotopic (exact) mass is 228 g/mol. The van der Waals surface area contributed by atoms with E-state index in [2.05, 4.69) is 6.42 Å². The van der Waals surface area contributed by atoms with Crippen LogP contribution < -0.4 is 4.74 Å². The Morgan fingerprint density at radius 3 is 2.62 bits per heavy atom. The van der Waals surface area contributed by atoms with Gasteiger partial charge in [0.05, 0.1) is 5.56 Å². The van der Waals surface area contributed by atoms with Crippen LogP contribution in [-0.4, -0.2) is 5.60 Å². The Balaban J connectivity index is 2.47. The number of fused-ring (bicyclic) bond motifs is 1. The van der Waals surface area contributed by atoms with Crippen LogP contribution in [-0.2, 0) is 6.18 Å². The number of benzene rings is 1. The van der Waals surface area contributed by atoms with E-state index in [-0.39, 0.29) is 11.3 Å². The summed E-state index contributed by atoms with van der Waals surface area (Å²) in [4.78, 5) is 0. The van der Waals surface area contributed by atoms with Crippen LogP contribution in [0.5, 0.6) is 5.75 Å². The Bertz CT molecular complexity index is 407. The molecule has 86 valence electrons. The normalized spacial score (nSPS) is 18.8. The summed E-state index contributed by atoms with van der Waals surface area (Å²) in [6.45, 7) is 3.65. The van der Waals surface area contributed by atoms with Crippen LogP contribution in [0.25, 0.3) is 0 Å². The summed E-state index contributed by atoms with van der Waals surface area (Å²) in [7, 11) is 0. The van der Waals surface area contributed by atoms with E-state index >= 15 is 0 Å². The van der Waals surface area contributed by atoms with Gasteiger partial charge in [-0.1, -0.05) is 6.07 Å². The minimum atomic E-state index is -4.36. The highest BCUT2D eigenvalue weighted by Gasteiger charge is 2.37. The van der Waals surface area contributed by atoms with Crippen molar-refractivity contribution in [1.29, 1.82) is 0 Å². The number of hydrogen-bond donors (Lipinski definition) is 0. The van der Waals surface area contributed by atoms with Crippen molar-refractivity contribution in [2.75, 3.05) is 0 Å². The minimum absolute atomic E-state index is 0.0364. The average molecular weight is 228 g/mol. The van der Waals surface area contributed by atoms with Crippen molar-refractivity contribution < 1.29 is 17.9 Å². The molecule has 1 heterocycles. The molecular weight excluding hydrogens is 217 g/mol. The molecule has 1 aromatic carbocycles. The molecule has 0 spiro atoms. The first-order valence-electron chi connectivity index (χ1n) is 4.93. The van der Waals surface area contributed by atoms with Gasteiger partial charge in [0.1, 0.15) is 11.4 Å². The molecule has 0 bridgehead atoms. The lowest BCUT2D eigenvalue weighted by molar-refractivity contribution is -0.138. The molecule has 0 saturated carbocycles. The molecule has 0 saturated heterocycles. The fraction of sp³-hybridized carbons (Fsp3) is 0.417. The summed E-state index contributed by atoms with van der Waals surface area (Å²) < 4.78 is 43.5. The van der Waals surface area contributed by atoms with Gasteiger partial charge in [-0.3, -0.25) is 0 Å².